The van der Waals surface area contributed by atoms with E-state index in [-0.39, 0.29) is 0 Å². The number of nitrogens with zero attached hydrogens (tertiary/aromatic N) is 1. The van der Waals surface area contributed by atoms with Gasteiger partial charge in [0, 0.05) is 26.2 Å². The molecule has 0 heterocycles. The minimum Gasteiger partial charge on any atom is -0.383 e. The third kappa shape index (κ3) is 3.60. The van der Waals surface area contributed by atoms with Crippen LogP contribution in [0.1, 0.15) is 19.4 Å². The number of hydrogen-bond acceptors (Lipinski definition) is 3. The maximum absolute atomic E-state index is 6.29. The van der Waals surface area contributed by atoms with Crippen LogP contribution in [0.3, 0.4) is 0 Å². The van der Waals surface area contributed by atoms with Crippen LogP contribution in [0.25, 0.3) is 0 Å². The molecule has 0 radical (unpaired) electrons. The van der Waals surface area contributed by atoms with Crippen LogP contribution in [-0.2, 0) is 11.3 Å². The molecule has 0 unspecified atom stereocenters. The van der Waals surface area contributed by atoms with Gasteiger partial charge in [-0.3, -0.25) is 0 Å². The molecule has 0 aliphatic rings. The zero-order chi connectivity index (χ0) is 12.8. The van der Waals surface area contributed by atoms with Crippen molar-refractivity contribution >= 4 is 17.3 Å². The van der Waals surface area contributed by atoms with Gasteiger partial charge < -0.3 is 15.4 Å². The summed E-state index contributed by atoms with van der Waals surface area (Å²) in [6.07, 6.45) is 0. The number of anilines is 1. The first kappa shape index (κ1) is 14.3. The smallest absolute Gasteiger partial charge is 0.0643 e. The Balaban J connectivity index is 3.07. The molecule has 0 aliphatic carbocycles. The van der Waals surface area contributed by atoms with Crippen LogP contribution < -0.4 is 10.6 Å². The summed E-state index contributed by atoms with van der Waals surface area (Å²) in [7, 11) is 1.70. The summed E-state index contributed by atoms with van der Waals surface area (Å²) in [6, 6.07) is 6.21. The Morgan fingerprint density at radius 3 is 2.65 bits per heavy atom. The lowest BCUT2D eigenvalue weighted by molar-refractivity contribution is 0.204. The van der Waals surface area contributed by atoms with Crippen molar-refractivity contribution in [3.05, 3.63) is 28.8 Å². The summed E-state index contributed by atoms with van der Waals surface area (Å²) in [5, 5.41) is 0.748. The fourth-order valence-corrected chi connectivity index (χ4v) is 2.17. The second-order valence-corrected chi connectivity index (χ2v) is 4.64. The van der Waals surface area contributed by atoms with E-state index in [4.69, 9.17) is 22.1 Å². The zero-order valence-electron chi connectivity index (χ0n) is 10.7. The first-order valence-electron chi connectivity index (χ1n) is 5.84. The van der Waals surface area contributed by atoms with Crippen LogP contribution in [0.4, 0.5) is 5.69 Å². The van der Waals surface area contributed by atoms with Crippen LogP contribution in [0.15, 0.2) is 18.2 Å². The topological polar surface area (TPSA) is 38.5 Å². The summed E-state index contributed by atoms with van der Waals surface area (Å²) < 4.78 is 5.14. The number of para-hydroxylation sites is 1. The molecule has 2 N–H and O–H groups in total. The van der Waals surface area contributed by atoms with Crippen molar-refractivity contribution in [3.63, 3.8) is 0 Å². The molecule has 0 amide bonds. The second kappa shape index (κ2) is 6.84. The van der Waals surface area contributed by atoms with Crippen LogP contribution >= 0.6 is 11.6 Å². The number of ether oxygens (including phenoxy) is 1. The van der Waals surface area contributed by atoms with E-state index < -0.39 is 0 Å². The SMILES string of the molecule is COCCN(c1c(Cl)cccc1CN)C(C)C. The Labute approximate surface area is 109 Å². The highest BCUT2D eigenvalue weighted by Crippen LogP contribution is 2.31. The Morgan fingerprint density at radius 1 is 1.41 bits per heavy atom. The monoisotopic (exact) mass is 256 g/mol. The quantitative estimate of drug-likeness (QED) is 0.851. The molecule has 0 fully saturated rings. The number of nitrogens with two attached hydrogens (primary N) is 1. The maximum atomic E-state index is 6.29. The number of methoxy groups -OCH3 is 1. The maximum Gasteiger partial charge on any atom is 0.0643 e. The second-order valence-electron chi connectivity index (χ2n) is 4.23. The van der Waals surface area contributed by atoms with E-state index >= 15 is 0 Å². The van der Waals surface area contributed by atoms with Crippen molar-refractivity contribution in [1.82, 2.24) is 0 Å². The van der Waals surface area contributed by atoms with E-state index in [0.29, 0.717) is 19.2 Å². The largest absolute Gasteiger partial charge is 0.383 e. The normalized spacial score (nSPS) is 10.9. The molecule has 1 rings (SSSR count). The van der Waals surface area contributed by atoms with Gasteiger partial charge in [-0.2, -0.15) is 0 Å². The lowest BCUT2D eigenvalue weighted by Crippen LogP contribution is -2.35. The molecular weight excluding hydrogens is 236 g/mol. The van der Waals surface area contributed by atoms with Crippen molar-refractivity contribution in [3.8, 4) is 0 Å². The number of rotatable bonds is 6. The van der Waals surface area contributed by atoms with Gasteiger partial charge in [0.25, 0.3) is 0 Å². The summed E-state index contributed by atoms with van der Waals surface area (Å²) >= 11 is 6.29. The highest BCUT2D eigenvalue weighted by atomic mass is 35.5. The average Bonchev–Trinajstić information content (AvgIpc) is 2.30. The molecule has 17 heavy (non-hydrogen) atoms. The molecule has 0 saturated heterocycles. The minimum absolute atomic E-state index is 0.357. The van der Waals surface area contributed by atoms with Gasteiger partial charge in [0.1, 0.15) is 0 Å². The van der Waals surface area contributed by atoms with E-state index in [0.717, 1.165) is 22.8 Å². The Hall–Kier alpha value is -0.770. The summed E-state index contributed by atoms with van der Waals surface area (Å²) in [5.41, 5.74) is 7.87. The standard InChI is InChI=1S/C13H21ClN2O/c1-10(2)16(7-8-17-3)13-11(9-15)5-4-6-12(13)14/h4-6,10H,7-9,15H2,1-3H3. The summed E-state index contributed by atoms with van der Waals surface area (Å²) in [5.74, 6) is 0. The lowest BCUT2D eigenvalue weighted by Gasteiger charge is -2.31. The van der Waals surface area contributed by atoms with Crippen molar-refractivity contribution in [2.24, 2.45) is 5.73 Å². The average molecular weight is 257 g/mol. The van der Waals surface area contributed by atoms with Gasteiger partial charge in [-0.15, -0.1) is 0 Å². The molecule has 1 aromatic carbocycles. The minimum atomic E-state index is 0.357. The number of hydrogen-bond donors (Lipinski definition) is 1. The lowest BCUT2D eigenvalue weighted by atomic mass is 10.1. The molecule has 1 aromatic rings. The predicted octanol–water partition coefficient (Wildman–Crippen LogP) is 2.66. The van der Waals surface area contributed by atoms with Gasteiger partial charge in [-0.05, 0) is 25.5 Å². The van der Waals surface area contributed by atoms with E-state index in [9.17, 15) is 0 Å². The highest BCUT2D eigenvalue weighted by Gasteiger charge is 2.16. The molecule has 0 spiro atoms. The van der Waals surface area contributed by atoms with Crippen molar-refractivity contribution in [2.45, 2.75) is 26.4 Å². The number of benzene rings is 1. The van der Waals surface area contributed by atoms with E-state index in [2.05, 4.69) is 18.7 Å². The Bertz CT molecular complexity index is 355. The van der Waals surface area contributed by atoms with Gasteiger partial charge in [-0.1, -0.05) is 23.7 Å². The summed E-state index contributed by atoms with van der Waals surface area (Å²) in [6.45, 7) is 6.25. The van der Waals surface area contributed by atoms with Crippen LogP contribution in [-0.4, -0.2) is 26.3 Å². The molecule has 0 aliphatic heterocycles. The third-order valence-corrected chi connectivity index (χ3v) is 3.04. The molecule has 0 atom stereocenters. The van der Waals surface area contributed by atoms with Crippen molar-refractivity contribution < 1.29 is 4.74 Å². The molecule has 0 saturated carbocycles. The number of halogens is 1. The molecule has 0 bridgehead atoms. The Morgan fingerprint density at radius 2 is 2.12 bits per heavy atom. The third-order valence-electron chi connectivity index (χ3n) is 2.74. The van der Waals surface area contributed by atoms with Crippen molar-refractivity contribution in [2.75, 3.05) is 25.2 Å². The highest BCUT2D eigenvalue weighted by molar-refractivity contribution is 6.33. The Kier molecular flexibility index (Phi) is 5.75. The van der Waals surface area contributed by atoms with Crippen LogP contribution in [0.5, 0.6) is 0 Å². The van der Waals surface area contributed by atoms with E-state index in [1.165, 1.54) is 0 Å². The first-order chi connectivity index (χ1) is 8.11. The summed E-state index contributed by atoms with van der Waals surface area (Å²) in [4.78, 5) is 2.23. The molecule has 4 heteroatoms. The molecule has 96 valence electrons. The zero-order valence-corrected chi connectivity index (χ0v) is 11.5. The van der Waals surface area contributed by atoms with Gasteiger partial charge in [0.05, 0.1) is 17.3 Å². The van der Waals surface area contributed by atoms with Crippen LogP contribution in [0, 0.1) is 0 Å². The molecule has 3 nitrogen and oxygen atoms in total. The van der Waals surface area contributed by atoms with E-state index in [1.54, 1.807) is 7.11 Å². The predicted molar refractivity (Wildman–Crippen MR) is 73.7 cm³/mol. The fraction of sp³-hybridized carbons (Fsp3) is 0.538. The van der Waals surface area contributed by atoms with Gasteiger partial charge in [0.15, 0.2) is 0 Å². The van der Waals surface area contributed by atoms with E-state index in [1.807, 2.05) is 18.2 Å². The van der Waals surface area contributed by atoms with Crippen LogP contribution in [0.2, 0.25) is 5.02 Å². The first-order valence-corrected chi connectivity index (χ1v) is 6.22. The van der Waals surface area contributed by atoms with Gasteiger partial charge >= 0.3 is 0 Å². The fourth-order valence-electron chi connectivity index (χ4n) is 1.86. The van der Waals surface area contributed by atoms with Gasteiger partial charge in [0.2, 0.25) is 0 Å². The molecular formula is C13H21ClN2O. The van der Waals surface area contributed by atoms with Gasteiger partial charge in [-0.25, -0.2) is 0 Å². The van der Waals surface area contributed by atoms with Crippen molar-refractivity contribution in [1.29, 1.82) is 0 Å². The molecule has 0 aromatic heterocycles.